The smallest absolute Gasteiger partial charge is 0.225 e. The van der Waals surface area contributed by atoms with Crippen LogP contribution < -0.4 is 10.2 Å². The van der Waals surface area contributed by atoms with Crippen molar-refractivity contribution in [1.29, 1.82) is 0 Å². The SMILES string of the molecule is CCc1cnc(N2CCC(Nc3ncc(Br)cc3N=O)CC2)nc1. The molecule has 1 saturated heterocycles. The zero-order valence-electron chi connectivity index (χ0n) is 13.4. The molecule has 1 fully saturated rings. The first-order chi connectivity index (χ1) is 11.7. The Morgan fingerprint density at radius 3 is 2.58 bits per heavy atom. The Balaban J connectivity index is 1.59. The van der Waals surface area contributed by atoms with Crippen molar-refractivity contribution in [2.24, 2.45) is 5.18 Å². The molecule has 1 aliphatic heterocycles. The monoisotopic (exact) mass is 390 g/mol. The number of rotatable bonds is 5. The third kappa shape index (κ3) is 3.87. The van der Waals surface area contributed by atoms with Crippen LogP contribution in [-0.2, 0) is 6.42 Å². The Hall–Kier alpha value is -2.09. The first-order valence-electron chi connectivity index (χ1n) is 8.01. The van der Waals surface area contributed by atoms with Crippen LogP contribution in [0.15, 0.2) is 34.3 Å². The highest BCUT2D eigenvalue weighted by Crippen LogP contribution is 2.28. The lowest BCUT2D eigenvalue weighted by Gasteiger charge is -2.32. The summed E-state index contributed by atoms with van der Waals surface area (Å²) in [6.45, 7) is 3.82. The second-order valence-corrected chi connectivity index (χ2v) is 6.68. The van der Waals surface area contributed by atoms with Crippen LogP contribution in [-0.4, -0.2) is 34.1 Å². The summed E-state index contributed by atoms with van der Waals surface area (Å²) < 4.78 is 0.741. The zero-order chi connectivity index (χ0) is 16.9. The van der Waals surface area contributed by atoms with Gasteiger partial charge in [-0.25, -0.2) is 15.0 Å². The van der Waals surface area contributed by atoms with Gasteiger partial charge in [0.1, 0.15) is 0 Å². The molecule has 0 saturated carbocycles. The molecule has 0 aliphatic carbocycles. The Kier molecular flexibility index (Phi) is 5.34. The van der Waals surface area contributed by atoms with Gasteiger partial charge >= 0.3 is 0 Å². The van der Waals surface area contributed by atoms with Gasteiger partial charge in [-0.2, -0.15) is 0 Å². The third-order valence-electron chi connectivity index (χ3n) is 4.15. The number of nitrogens with zero attached hydrogens (tertiary/aromatic N) is 5. The third-order valence-corrected chi connectivity index (χ3v) is 4.58. The van der Waals surface area contributed by atoms with Crippen molar-refractivity contribution < 1.29 is 0 Å². The van der Waals surface area contributed by atoms with Crippen LogP contribution in [0.1, 0.15) is 25.3 Å². The van der Waals surface area contributed by atoms with E-state index < -0.39 is 0 Å². The highest BCUT2D eigenvalue weighted by Gasteiger charge is 2.22. The number of hydrogen-bond donors (Lipinski definition) is 1. The molecule has 0 bridgehead atoms. The molecule has 1 N–H and O–H groups in total. The maximum Gasteiger partial charge on any atom is 0.225 e. The van der Waals surface area contributed by atoms with Crippen molar-refractivity contribution in [2.75, 3.05) is 23.3 Å². The van der Waals surface area contributed by atoms with E-state index >= 15 is 0 Å². The molecular weight excluding hydrogens is 372 g/mol. The Labute approximate surface area is 149 Å². The highest BCUT2D eigenvalue weighted by atomic mass is 79.9. The second kappa shape index (κ2) is 7.65. The van der Waals surface area contributed by atoms with Gasteiger partial charge in [-0.1, -0.05) is 6.92 Å². The highest BCUT2D eigenvalue weighted by molar-refractivity contribution is 9.10. The number of nitroso groups, excluding NO2 is 1. The number of nitrogens with one attached hydrogen (secondary N) is 1. The number of hydrogen-bond acceptors (Lipinski definition) is 7. The van der Waals surface area contributed by atoms with Gasteiger partial charge in [-0.3, -0.25) is 0 Å². The van der Waals surface area contributed by atoms with E-state index in [-0.39, 0.29) is 6.04 Å². The molecule has 1 aliphatic rings. The van der Waals surface area contributed by atoms with Gasteiger partial charge in [0.15, 0.2) is 11.5 Å². The topological polar surface area (TPSA) is 83.4 Å². The summed E-state index contributed by atoms with van der Waals surface area (Å²) in [6, 6.07) is 1.92. The molecule has 0 spiro atoms. The van der Waals surface area contributed by atoms with Crippen molar-refractivity contribution in [2.45, 2.75) is 32.2 Å². The molecule has 2 aromatic heterocycles. The largest absolute Gasteiger partial charge is 0.365 e. The molecule has 0 aromatic carbocycles. The van der Waals surface area contributed by atoms with E-state index in [0.29, 0.717) is 11.5 Å². The Bertz CT molecular complexity index is 700. The summed E-state index contributed by atoms with van der Waals surface area (Å²) in [6.07, 6.45) is 8.24. The minimum Gasteiger partial charge on any atom is -0.365 e. The van der Waals surface area contributed by atoms with Gasteiger partial charge in [0.05, 0.1) is 0 Å². The summed E-state index contributed by atoms with van der Waals surface area (Å²) in [5.74, 6) is 1.32. The fourth-order valence-corrected chi connectivity index (χ4v) is 3.04. The van der Waals surface area contributed by atoms with Crippen molar-refractivity contribution in [3.63, 3.8) is 0 Å². The van der Waals surface area contributed by atoms with Gasteiger partial charge < -0.3 is 10.2 Å². The number of anilines is 2. The number of aryl methyl sites for hydroxylation is 1. The van der Waals surface area contributed by atoms with Crippen LogP contribution in [0, 0.1) is 4.91 Å². The van der Waals surface area contributed by atoms with Crippen LogP contribution in [0.4, 0.5) is 17.5 Å². The molecule has 7 nitrogen and oxygen atoms in total. The summed E-state index contributed by atoms with van der Waals surface area (Å²) in [7, 11) is 0. The average molecular weight is 391 g/mol. The fourth-order valence-electron chi connectivity index (χ4n) is 2.72. The molecule has 0 amide bonds. The first-order valence-corrected chi connectivity index (χ1v) is 8.80. The molecule has 0 radical (unpaired) electrons. The molecule has 0 atom stereocenters. The minimum atomic E-state index is 0.255. The summed E-state index contributed by atoms with van der Waals surface area (Å²) >= 11 is 3.30. The van der Waals surface area contributed by atoms with E-state index in [2.05, 4.69) is 53.2 Å². The molecule has 3 heterocycles. The zero-order valence-corrected chi connectivity index (χ0v) is 15.0. The van der Waals surface area contributed by atoms with Crippen LogP contribution in [0.25, 0.3) is 0 Å². The average Bonchev–Trinajstić information content (AvgIpc) is 2.64. The van der Waals surface area contributed by atoms with E-state index in [1.165, 1.54) is 0 Å². The standard InChI is InChI=1S/C16H19BrN6O/c1-2-11-8-19-16(20-9-11)23-5-3-13(4-6-23)21-15-14(22-24)7-12(17)10-18-15/h7-10,13H,2-6H2,1H3,(H,18,21). The quantitative estimate of drug-likeness (QED) is 0.783. The van der Waals surface area contributed by atoms with E-state index in [9.17, 15) is 4.91 Å². The maximum atomic E-state index is 10.9. The molecule has 2 aromatic rings. The van der Waals surface area contributed by atoms with Crippen LogP contribution in [0.3, 0.4) is 0 Å². The van der Waals surface area contributed by atoms with Crippen molar-refractivity contribution >= 4 is 33.4 Å². The Morgan fingerprint density at radius 1 is 1.25 bits per heavy atom. The van der Waals surface area contributed by atoms with Gasteiger partial charge in [0.25, 0.3) is 0 Å². The van der Waals surface area contributed by atoms with Crippen molar-refractivity contribution in [1.82, 2.24) is 15.0 Å². The van der Waals surface area contributed by atoms with Gasteiger partial charge in [-0.05, 0) is 52.0 Å². The van der Waals surface area contributed by atoms with Gasteiger partial charge in [0, 0.05) is 42.2 Å². The van der Waals surface area contributed by atoms with Gasteiger partial charge in [0.2, 0.25) is 5.95 Å². The summed E-state index contributed by atoms with van der Waals surface area (Å²) in [5, 5.41) is 6.36. The second-order valence-electron chi connectivity index (χ2n) is 5.76. The number of pyridine rings is 1. The molecule has 8 heteroatoms. The molecular formula is C16H19BrN6O. The van der Waals surface area contributed by atoms with E-state index in [1.807, 2.05) is 12.4 Å². The number of piperidine rings is 1. The van der Waals surface area contributed by atoms with Crippen molar-refractivity contribution in [3.8, 4) is 0 Å². The maximum absolute atomic E-state index is 10.9. The molecule has 3 rings (SSSR count). The van der Waals surface area contributed by atoms with E-state index in [4.69, 9.17) is 0 Å². The summed E-state index contributed by atoms with van der Waals surface area (Å²) in [4.78, 5) is 26.3. The number of halogens is 1. The summed E-state index contributed by atoms with van der Waals surface area (Å²) in [5.41, 5.74) is 1.47. The lowest BCUT2D eigenvalue weighted by Crippen LogP contribution is -2.40. The molecule has 0 unspecified atom stereocenters. The normalized spacial score (nSPS) is 15.3. The van der Waals surface area contributed by atoms with Gasteiger partial charge in [-0.15, -0.1) is 4.91 Å². The molecule has 126 valence electrons. The lowest BCUT2D eigenvalue weighted by atomic mass is 10.1. The Morgan fingerprint density at radius 2 is 1.96 bits per heavy atom. The first kappa shape index (κ1) is 16.8. The predicted octanol–water partition coefficient (Wildman–Crippen LogP) is 3.68. The van der Waals surface area contributed by atoms with Crippen molar-refractivity contribution in [3.05, 3.63) is 39.6 Å². The fraction of sp³-hybridized carbons (Fsp3) is 0.438. The predicted molar refractivity (Wildman–Crippen MR) is 97.7 cm³/mol. The minimum absolute atomic E-state index is 0.255. The van der Waals surface area contributed by atoms with Crippen LogP contribution >= 0.6 is 15.9 Å². The van der Waals surface area contributed by atoms with Crippen LogP contribution in [0.5, 0.6) is 0 Å². The molecule has 24 heavy (non-hydrogen) atoms. The van der Waals surface area contributed by atoms with Crippen LogP contribution in [0.2, 0.25) is 0 Å². The number of aromatic nitrogens is 3. The van der Waals surface area contributed by atoms with E-state index in [0.717, 1.165) is 48.3 Å². The lowest BCUT2D eigenvalue weighted by molar-refractivity contribution is 0.518. The van der Waals surface area contributed by atoms with E-state index in [1.54, 1.807) is 12.3 Å².